The second-order valence-corrected chi connectivity index (χ2v) is 13.6. The van der Waals surface area contributed by atoms with E-state index in [4.69, 9.17) is 21.7 Å². The molecule has 2 aliphatic rings. The molecule has 8 nitrogen and oxygen atoms in total. The van der Waals surface area contributed by atoms with Gasteiger partial charge in [0.25, 0.3) is 11.8 Å². The van der Waals surface area contributed by atoms with Crippen molar-refractivity contribution in [1.82, 2.24) is 18.9 Å². The zero-order valence-electron chi connectivity index (χ0n) is 30.2. The van der Waals surface area contributed by atoms with Crippen LogP contribution >= 0.6 is 12.2 Å². The fourth-order valence-electron chi connectivity index (χ4n) is 8.28. The number of amides is 2. The molecule has 0 atom stereocenters. The van der Waals surface area contributed by atoms with E-state index in [1.165, 1.54) is 9.80 Å². The molecule has 0 radical (unpaired) electrons. The molecule has 0 spiro atoms. The Morgan fingerprint density at radius 3 is 1.44 bits per heavy atom. The highest BCUT2D eigenvalue weighted by molar-refractivity contribution is 7.80. The summed E-state index contributed by atoms with van der Waals surface area (Å²) < 4.78 is 15.8. The van der Waals surface area contributed by atoms with Gasteiger partial charge in [0.2, 0.25) is 0 Å². The second kappa shape index (κ2) is 12.8. The molecule has 2 aromatic heterocycles. The average molecular weight is 709 g/mol. The summed E-state index contributed by atoms with van der Waals surface area (Å²) in [5, 5.41) is 8.94. The molecule has 1 saturated heterocycles. The number of nitrogens with zero attached hydrogens (tertiary/aromatic N) is 4. The summed E-state index contributed by atoms with van der Waals surface area (Å²) >= 11 is 5.64. The van der Waals surface area contributed by atoms with E-state index in [-0.39, 0.29) is 22.5 Å². The summed E-state index contributed by atoms with van der Waals surface area (Å²) in [4.78, 5) is 31.5. The van der Waals surface area contributed by atoms with Gasteiger partial charge in [0.05, 0.1) is 14.2 Å². The molecule has 2 fully saturated rings. The molecule has 52 heavy (non-hydrogen) atoms. The van der Waals surface area contributed by atoms with Gasteiger partial charge in [-0.3, -0.25) is 19.4 Å². The minimum absolute atomic E-state index is 0.175. The smallest absolute Gasteiger partial charge is 0.266 e. The number of methoxy groups -OCH3 is 2. The highest BCUT2D eigenvalue weighted by Crippen LogP contribution is 2.41. The van der Waals surface area contributed by atoms with Crippen molar-refractivity contribution in [2.45, 2.75) is 26.7 Å². The zero-order valence-corrected chi connectivity index (χ0v) is 31.1. The van der Waals surface area contributed by atoms with Gasteiger partial charge in [-0.25, -0.2) is 0 Å². The highest BCUT2D eigenvalue weighted by Gasteiger charge is 2.42. The molecule has 2 amide bonds. The second-order valence-electron chi connectivity index (χ2n) is 13.3. The fourth-order valence-corrected chi connectivity index (χ4v) is 8.70. The van der Waals surface area contributed by atoms with Crippen LogP contribution in [-0.4, -0.2) is 63.2 Å². The van der Waals surface area contributed by atoms with Crippen molar-refractivity contribution in [3.63, 3.8) is 0 Å². The fraction of sp³-hybridized carbons (Fsp3) is 0.233. The average Bonchev–Trinajstić information content (AvgIpc) is 3.77. The van der Waals surface area contributed by atoms with Gasteiger partial charge in [-0.2, -0.15) is 0 Å². The number of hydrogen-bond acceptors (Lipinski definition) is 5. The molecule has 9 heteroatoms. The molecule has 1 aliphatic heterocycles. The lowest BCUT2D eigenvalue weighted by Crippen LogP contribution is -2.56. The maximum atomic E-state index is 14.2. The minimum Gasteiger partial charge on any atom is -0.496 e. The molecule has 0 unspecified atom stereocenters. The Morgan fingerprint density at radius 1 is 0.615 bits per heavy atom. The zero-order chi connectivity index (χ0) is 36.4. The number of aryl methyl sites for hydroxylation is 2. The predicted molar refractivity (Wildman–Crippen MR) is 213 cm³/mol. The molecule has 3 heterocycles. The summed E-state index contributed by atoms with van der Waals surface area (Å²) in [7, 11) is 7.52. The lowest BCUT2D eigenvalue weighted by atomic mass is 9.95. The predicted octanol–water partition coefficient (Wildman–Crippen LogP) is 6.63. The van der Waals surface area contributed by atoms with Gasteiger partial charge in [0.15, 0.2) is 5.11 Å². The molecule has 0 bridgehead atoms. The van der Waals surface area contributed by atoms with Crippen molar-refractivity contribution in [2.24, 2.45) is 14.1 Å². The van der Waals surface area contributed by atoms with E-state index in [0.717, 1.165) is 76.7 Å². The number of ether oxygens (including phenoxy) is 2. The third-order valence-electron chi connectivity index (χ3n) is 10.8. The molecular weight excluding hydrogens is 669 g/mol. The van der Waals surface area contributed by atoms with Gasteiger partial charge in [0.1, 0.15) is 17.1 Å². The van der Waals surface area contributed by atoms with Gasteiger partial charge in [-0.1, -0.05) is 48.6 Å². The number of likely N-dealkylation sites (N-methyl/N-ethyl adjacent to an activating group) is 2. The topological polar surface area (TPSA) is 68.9 Å². The van der Waals surface area contributed by atoms with E-state index in [0.29, 0.717) is 31.5 Å². The van der Waals surface area contributed by atoms with E-state index in [1.54, 1.807) is 14.2 Å². The maximum Gasteiger partial charge on any atom is 0.266 e. The molecule has 1 saturated carbocycles. The number of benzene rings is 4. The largest absolute Gasteiger partial charge is 0.496 e. The summed E-state index contributed by atoms with van der Waals surface area (Å²) in [6.45, 7) is 4.52. The normalized spacial score (nSPS) is 18.1. The Bertz CT molecular complexity index is 2540. The molecular formula is C43H40N4O4S. The van der Waals surface area contributed by atoms with Crippen LogP contribution in [0.4, 0.5) is 0 Å². The molecule has 0 N–H and O–H groups in total. The van der Waals surface area contributed by atoms with Crippen molar-refractivity contribution in [1.29, 1.82) is 0 Å². The van der Waals surface area contributed by atoms with Crippen LogP contribution in [0, 0.1) is 0 Å². The van der Waals surface area contributed by atoms with E-state index >= 15 is 0 Å². The first-order chi connectivity index (χ1) is 25.2. The Kier molecular flexibility index (Phi) is 8.26. The van der Waals surface area contributed by atoms with Crippen molar-refractivity contribution in [3.05, 3.63) is 106 Å². The van der Waals surface area contributed by atoms with E-state index in [9.17, 15) is 9.59 Å². The maximum absolute atomic E-state index is 14.2. The third-order valence-corrected chi connectivity index (χ3v) is 11.3. The standard InChI is InChI=1S/C43H40N4O4S/c1-7-46-41(48)40(42(49)47(8-2)43(46)52)37-25(17-19-31-27-11-9-13-29-35(50-5)23-21-33(38(27)29)44(31)3)15-16-26(37)18-20-32-28-12-10-14-30-36(51-6)24-22-34(39(28)30)45(32)4/h9-14,17-24H,7-8,15-16H2,1-6H3/b25-17+,26-18+,31-19+,32-20+. The van der Waals surface area contributed by atoms with Crippen LogP contribution in [0.3, 0.4) is 0 Å². The number of rotatable bonds is 6. The highest BCUT2D eigenvalue weighted by atomic mass is 32.1. The number of aromatic nitrogens is 2. The molecule has 6 aromatic rings. The lowest BCUT2D eigenvalue weighted by Gasteiger charge is -2.36. The van der Waals surface area contributed by atoms with E-state index < -0.39 is 0 Å². The summed E-state index contributed by atoms with van der Waals surface area (Å²) in [6.07, 6.45) is 9.78. The van der Waals surface area contributed by atoms with Gasteiger partial charge < -0.3 is 18.6 Å². The van der Waals surface area contributed by atoms with Crippen LogP contribution in [0.5, 0.6) is 11.5 Å². The SMILES string of the molecule is CCN1C(=O)C(=C2/C(=C/C=c3\c4cccc5c(OC)ccc(c54)n3C)CC/C2=C\C=c2/c3cccc4c(OC)ccc(c43)n2C)C(=O)N(CC)C1=S. The third kappa shape index (κ3) is 4.83. The van der Waals surface area contributed by atoms with Crippen LogP contribution in [0.15, 0.2) is 95.1 Å². The molecule has 262 valence electrons. The molecule has 8 rings (SSSR count). The first kappa shape index (κ1) is 33.5. The Labute approximate surface area is 307 Å². The Hall–Kier alpha value is -5.67. The lowest BCUT2D eigenvalue weighted by molar-refractivity contribution is -0.133. The van der Waals surface area contributed by atoms with Crippen molar-refractivity contribution < 1.29 is 19.1 Å². The quantitative estimate of drug-likeness (QED) is 0.110. The minimum atomic E-state index is -0.347. The summed E-state index contributed by atoms with van der Waals surface area (Å²) in [5.74, 6) is 0.973. The number of carbonyl (C=O) groups is 2. The van der Waals surface area contributed by atoms with Crippen LogP contribution in [0.2, 0.25) is 0 Å². The van der Waals surface area contributed by atoms with E-state index in [2.05, 4.69) is 96.1 Å². The summed E-state index contributed by atoms with van der Waals surface area (Å²) in [5.41, 5.74) is 4.96. The van der Waals surface area contributed by atoms with Crippen LogP contribution in [0.25, 0.3) is 55.5 Å². The number of hydrogen-bond donors (Lipinski definition) is 0. The first-order valence-corrected chi connectivity index (χ1v) is 18.1. The van der Waals surface area contributed by atoms with Crippen molar-refractivity contribution >= 4 is 84.6 Å². The van der Waals surface area contributed by atoms with Gasteiger partial charge in [0, 0.05) is 81.2 Å². The van der Waals surface area contributed by atoms with Crippen molar-refractivity contribution in [2.75, 3.05) is 27.3 Å². The Morgan fingerprint density at radius 2 is 1.04 bits per heavy atom. The summed E-state index contributed by atoms with van der Waals surface area (Å²) in [6, 6.07) is 20.7. The van der Waals surface area contributed by atoms with Gasteiger partial charge in [-0.05, 0) is 92.0 Å². The van der Waals surface area contributed by atoms with E-state index in [1.807, 2.05) is 26.0 Å². The van der Waals surface area contributed by atoms with Gasteiger partial charge in [-0.15, -0.1) is 0 Å². The van der Waals surface area contributed by atoms with Gasteiger partial charge >= 0.3 is 0 Å². The number of carbonyl (C=O) groups excluding carboxylic acids is 2. The van der Waals surface area contributed by atoms with Crippen LogP contribution < -0.4 is 20.2 Å². The van der Waals surface area contributed by atoms with Crippen molar-refractivity contribution in [3.8, 4) is 11.5 Å². The Balaban J connectivity index is 1.36. The monoisotopic (exact) mass is 708 g/mol. The molecule has 4 aromatic carbocycles. The van der Waals surface area contributed by atoms with Crippen LogP contribution in [-0.2, 0) is 23.7 Å². The molecule has 1 aliphatic carbocycles. The first-order valence-electron chi connectivity index (χ1n) is 17.7. The number of thiocarbonyl (C=S) groups is 1. The van der Waals surface area contributed by atoms with Crippen LogP contribution in [0.1, 0.15) is 26.7 Å². The number of allylic oxidation sites excluding steroid dienone is 5.